The number of hydrogen-bond acceptors (Lipinski definition) is 5. The van der Waals surface area contributed by atoms with Crippen LogP contribution in [0.5, 0.6) is 0 Å². The van der Waals surface area contributed by atoms with E-state index in [1.807, 2.05) is 6.07 Å². The smallest absolute Gasteiger partial charge is 0.300 e. The maximum absolute atomic E-state index is 13.2. The van der Waals surface area contributed by atoms with Crippen LogP contribution in [0.2, 0.25) is 0 Å². The number of anilines is 1. The number of hydrogen-bond donors (Lipinski definition) is 1. The molecule has 1 saturated heterocycles. The summed E-state index contributed by atoms with van der Waals surface area (Å²) < 4.78 is 18.7. The van der Waals surface area contributed by atoms with E-state index in [4.69, 9.17) is 9.68 Å². The van der Waals surface area contributed by atoms with Crippen molar-refractivity contribution in [1.29, 1.82) is 5.26 Å². The predicted molar refractivity (Wildman–Crippen MR) is 101 cm³/mol. The Kier molecular flexibility index (Phi) is 4.45. The SMILES string of the molecule is N#Cc1ccc(N2C(=O)C(=O)/C(=C(\O)c3ccc(F)cc3)C2c2ccco2)cc1. The number of nitrogens with zero attached hydrogens (tertiary/aromatic N) is 2. The number of amides is 1. The van der Waals surface area contributed by atoms with Crippen LogP contribution in [0.25, 0.3) is 5.76 Å². The first-order valence-corrected chi connectivity index (χ1v) is 8.62. The van der Waals surface area contributed by atoms with Crippen molar-refractivity contribution in [1.82, 2.24) is 0 Å². The van der Waals surface area contributed by atoms with Crippen LogP contribution in [0.4, 0.5) is 10.1 Å². The fourth-order valence-electron chi connectivity index (χ4n) is 3.27. The third-order valence-electron chi connectivity index (χ3n) is 4.65. The highest BCUT2D eigenvalue weighted by Gasteiger charge is 2.48. The second-order valence-corrected chi connectivity index (χ2v) is 6.35. The molecule has 1 atom stereocenters. The summed E-state index contributed by atoms with van der Waals surface area (Å²) in [5.41, 5.74) is 0.790. The quantitative estimate of drug-likeness (QED) is 0.417. The van der Waals surface area contributed by atoms with Crippen LogP contribution >= 0.6 is 0 Å². The van der Waals surface area contributed by atoms with Crippen molar-refractivity contribution >= 4 is 23.1 Å². The number of rotatable bonds is 3. The number of halogens is 1. The van der Waals surface area contributed by atoms with E-state index in [2.05, 4.69) is 0 Å². The van der Waals surface area contributed by atoms with Crippen molar-refractivity contribution in [3.63, 3.8) is 0 Å². The Labute approximate surface area is 164 Å². The van der Waals surface area contributed by atoms with Crippen LogP contribution in [0, 0.1) is 17.1 Å². The third kappa shape index (κ3) is 3.07. The fraction of sp³-hybridized carbons (Fsp3) is 0.0455. The maximum atomic E-state index is 13.2. The molecule has 6 nitrogen and oxygen atoms in total. The molecule has 1 aromatic heterocycles. The molecule has 0 spiro atoms. The molecule has 0 radical (unpaired) electrons. The lowest BCUT2D eigenvalue weighted by Gasteiger charge is -2.23. The minimum atomic E-state index is -1.01. The summed E-state index contributed by atoms with van der Waals surface area (Å²) in [5, 5.41) is 19.8. The van der Waals surface area contributed by atoms with E-state index in [1.54, 1.807) is 12.1 Å². The lowest BCUT2D eigenvalue weighted by molar-refractivity contribution is -0.132. The lowest BCUT2D eigenvalue weighted by atomic mass is 9.99. The number of carbonyl (C=O) groups is 2. The second-order valence-electron chi connectivity index (χ2n) is 6.35. The Morgan fingerprint density at radius 3 is 2.34 bits per heavy atom. The highest BCUT2D eigenvalue weighted by molar-refractivity contribution is 6.51. The maximum Gasteiger partial charge on any atom is 0.300 e. The Bertz CT molecular complexity index is 1160. The van der Waals surface area contributed by atoms with E-state index in [0.717, 1.165) is 12.1 Å². The molecule has 1 N–H and O–H groups in total. The molecule has 2 aromatic carbocycles. The van der Waals surface area contributed by atoms with E-state index < -0.39 is 29.3 Å². The summed E-state index contributed by atoms with van der Waals surface area (Å²) in [6, 6.07) is 15.2. The monoisotopic (exact) mass is 388 g/mol. The highest BCUT2D eigenvalue weighted by atomic mass is 19.1. The van der Waals surface area contributed by atoms with E-state index in [0.29, 0.717) is 11.3 Å². The third-order valence-corrected chi connectivity index (χ3v) is 4.65. The molecule has 142 valence electrons. The summed E-state index contributed by atoms with van der Waals surface area (Å²) in [6.07, 6.45) is 1.39. The zero-order valence-corrected chi connectivity index (χ0v) is 14.9. The average molecular weight is 388 g/mol. The molecule has 7 heteroatoms. The summed E-state index contributed by atoms with van der Waals surface area (Å²) in [5.74, 6) is -2.39. The number of nitriles is 1. The number of carbonyl (C=O) groups excluding carboxylic acids is 2. The van der Waals surface area contributed by atoms with Gasteiger partial charge in [0.15, 0.2) is 0 Å². The highest BCUT2D eigenvalue weighted by Crippen LogP contribution is 2.42. The molecule has 0 saturated carbocycles. The molecule has 2 heterocycles. The fourth-order valence-corrected chi connectivity index (χ4v) is 3.27. The number of Topliss-reactive ketones (excluding diaryl/α,β-unsaturated/α-hetero) is 1. The van der Waals surface area contributed by atoms with E-state index in [1.165, 1.54) is 47.6 Å². The van der Waals surface area contributed by atoms with Gasteiger partial charge in [-0.3, -0.25) is 14.5 Å². The lowest BCUT2D eigenvalue weighted by Crippen LogP contribution is -2.29. The molecule has 1 fully saturated rings. The molecular weight excluding hydrogens is 375 g/mol. The van der Waals surface area contributed by atoms with Crippen molar-refractivity contribution in [2.45, 2.75) is 6.04 Å². The van der Waals surface area contributed by atoms with Gasteiger partial charge >= 0.3 is 0 Å². The first-order valence-electron chi connectivity index (χ1n) is 8.62. The largest absolute Gasteiger partial charge is 0.507 e. The molecule has 3 aromatic rings. The molecule has 29 heavy (non-hydrogen) atoms. The number of aliphatic hydroxyl groups excluding tert-OH is 1. The van der Waals surface area contributed by atoms with Crippen LogP contribution in [-0.4, -0.2) is 16.8 Å². The Morgan fingerprint density at radius 1 is 1.07 bits per heavy atom. The molecule has 1 aliphatic rings. The molecule has 0 aliphatic carbocycles. The second kappa shape index (κ2) is 7.09. The molecule has 1 amide bonds. The van der Waals surface area contributed by atoms with E-state index >= 15 is 0 Å². The van der Waals surface area contributed by atoms with Gasteiger partial charge in [-0.2, -0.15) is 5.26 Å². The van der Waals surface area contributed by atoms with Gasteiger partial charge in [0.05, 0.1) is 23.5 Å². The molecule has 1 aliphatic heterocycles. The van der Waals surface area contributed by atoms with Gasteiger partial charge in [0.2, 0.25) is 0 Å². The number of aliphatic hydroxyl groups is 1. The van der Waals surface area contributed by atoms with Crippen molar-refractivity contribution < 1.29 is 23.5 Å². The van der Waals surface area contributed by atoms with Crippen LogP contribution in [0.15, 0.2) is 76.9 Å². The Hall–Kier alpha value is -4.18. The van der Waals surface area contributed by atoms with Crippen LogP contribution in [0.1, 0.15) is 22.9 Å². The van der Waals surface area contributed by atoms with Gasteiger partial charge in [-0.05, 0) is 60.7 Å². The van der Waals surface area contributed by atoms with E-state index in [9.17, 15) is 19.1 Å². The van der Waals surface area contributed by atoms with Gasteiger partial charge in [0.1, 0.15) is 23.4 Å². The summed E-state index contributed by atoms with van der Waals surface area (Å²) >= 11 is 0. The molecular formula is C22H13FN2O4. The van der Waals surface area contributed by atoms with Crippen molar-refractivity contribution in [3.05, 3.63) is 95.2 Å². The Morgan fingerprint density at radius 2 is 1.76 bits per heavy atom. The zero-order valence-electron chi connectivity index (χ0n) is 14.9. The first kappa shape index (κ1) is 18.2. The van der Waals surface area contributed by atoms with Crippen molar-refractivity contribution in [2.24, 2.45) is 0 Å². The number of furan rings is 1. The number of ketones is 1. The normalized spacial score (nSPS) is 18.1. The van der Waals surface area contributed by atoms with Crippen molar-refractivity contribution in [3.8, 4) is 6.07 Å². The topological polar surface area (TPSA) is 94.5 Å². The minimum Gasteiger partial charge on any atom is -0.507 e. The van der Waals surface area contributed by atoms with Gasteiger partial charge in [-0.15, -0.1) is 0 Å². The van der Waals surface area contributed by atoms with Crippen LogP contribution in [-0.2, 0) is 9.59 Å². The van der Waals surface area contributed by atoms with Crippen LogP contribution < -0.4 is 4.90 Å². The average Bonchev–Trinajstić information content (AvgIpc) is 3.35. The molecule has 0 bridgehead atoms. The van der Waals surface area contributed by atoms with Gasteiger partial charge in [0.25, 0.3) is 11.7 Å². The molecule has 1 unspecified atom stereocenters. The zero-order chi connectivity index (χ0) is 20.5. The van der Waals surface area contributed by atoms with Gasteiger partial charge < -0.3 is 9.52 Å². The van der Waals surface area contributed by atoms with E-state index in [-0.39, 0.29) is 16.9 Å². The summed E-state index contributed by atoms with van der Waals surface area (Å²) in [4.78, 5) is 26.9. The molecule has 4 rings (SSSR count). The summed E-state index contributed by atoms with van der Waals surface area (Å²) in [7, 11) is 0. The standard InChI is InChI=1S/C22H13FN2O4/c23-15-7-5-14(6-8-15)20(26)18-19(17-2-1-11-29-17)25(22(28)21(18)27)16-9-3-13(12-24)4-10-16/h1-11,19,26H/b20-18-. The van der Waals surface area contributed by atoms with Gasteiger partial charge in [-0.25, -0.2) is 4.39 Å². The summed E-state index contributed by atoms with van der Waals surface area (Å²) in [6.45, 7) is 0. The van der Waals surface area contributed by atoms with Crippen molar-refractivity contribution in [2.75, 3.05) is 4.90 Å². The minimum absolute atomic E-state index is 0.166. The van der Waals surface area contributed by atoms with Gasteiger partial charge in [0, 0.05) is 11.3 Å². The first-order chi connectivity index (χ1) is 14.0. The Balaban J connectivity index is 1.90. The van der Waals surface area contributed by atoms with Gasteiger partial charge in [-0.1, -0.05) is 0 Å². The number of benzene rings is 2. The van der Waals surface area contributed by atoms with Crippen LogP contribution in [0.3, 0.4) is 0 Å². The predicted octanol–water partition coefficient (Wildman–Crippen LogP) is 3.92.